The molecule has 9 nitrogen and oxygen atoms in total. The summed E-state index contributed by atoms with van der Waals surface area (Å²) in [6.07, 6.45) is 17.4. The summed E-state index contributed by atoms with van der Waals surface area (Å²) in [5.74, 6) is -4.60. The molecule has 0 aromatic heterocycles. The average Bonchev–Trinajstić information content (AvgIpc) is 2.84. The van der Waals surface area contributed by atoms with Gasteiger partial charge in [-0.05, 0) is 12.8 Å². The Kier molecular flexibility index (Phi) is 32.7. The summed E-state index contributed by atoms with van der Waals surface area (Å²) in [5.41, 5.74) is 0. The van der Waals surface area contributed by atoms with Gasteiger partial charge in [0.1, 0.15) is 0 Å². The van der Waals surface area contributed by atoms with Crippen LogP contribution in [0.25, 0.3) is 0 Å². The molecule has 1 N–H and O–H groups in total. The predicted octanol–water partition coefficient (Wildman–Crippen LogP) is 5.32. The van der Waals surface area contributed by atoms with Gasteiger partial charge in [0.05, 0.1) is 6.42 Å². The second kappa shape index (κ2) is 29.3. The minimum atomic E-state index is -5.06. The van der Waals surface area contributed by atoms with E-state index >= 15 is 0 Å². The standard InChI is InChI=1S/C28H50O9S.2Na.2H/c1-3-5-7-9-11-13-15-17-19-21-25(29)36-27(31)23-24(38(33,34)35)28(32)37-26(30)22-20-18-16-14-12-10-8-6-4-2;;;;/h24H,3-23H2,1-2H3,(H,33,34,35);;;;. The van der Waals surface area contributed by atoms with Crippen LogP contribution in [0.1, 0.15) is 149 Å². The summed E-state index contributed by atoms with van der Waals surface area (Å²) < 4.78 is 41.7. The topological polar surface area (TPSA) is 141 Å². The fourth-order valence-corrected chi connectivity index (χ4v) is 4.71. The van der Waals surface area contributed by atoms with Gasteiger partial charge in [0, 0.05) is 12.8 Å². The van der Waals surface area contributed by atoms with Gasteiger partial charge < -0.3 is 9.47 Å². The third-order valence-electron chi connectivity index (χ3n) is 6.39. The first-order valence-corrected chi connectivity index (χ1v) is 16.1. The Bertz CT molecular complexity index is 789. The van der Waals surface area contributed by atoms with Crippen LogP contribution in [0.5, 0.6) is 0 Å². The van der Waals surface area contributed by atoms with Gasteiger partial charge in [-0.15, -0.1) is 0 Å². The first-order chi connectivity index (χ1) is 18.1. The summed E-state index contributed by atoms with van der Waals surface area (Å²) in [4.78, 5) is 48.0. The molecule has 40 heavy (non-hydrogen) atoms. The maximum absolute atomic E-state index is 12.2. The molecule has 0 heterocycles. The molecule has 0 saturated heterocycles. The molecule has 0 aliphatic carbocycles. The molecule has 0 aromatic rings. The normalized spacial score (nSPS) is 11.6. The second-order valence-corrected chi connectivity index (χ2v) is 11.6. The third-order valence-corrected chi connectivity index (χ3v) is 7.46. The third kappa shape index (κ3) is 27.0. The van der Waals surface area contributed by atoms with Crippen LogP contribution in [0.4, 0.5) is 0 Å². The van der Waals surface area contributed by atoms with Crippen LogP contribution in [0, 0.1) is 0 Å². The first-order valence-electron chi connectivity index (χ1n) is 14.6. The fourth-order valence-electron chi connectivity index (χ4n) is 4.07. The molecule has 0 fully saturated rings. The molecule has 0 rings (SSSR count). The molecule has 226 valence electrons. The van der Waals surface area contributed by atoms with Crippen LogP contribution in [0.3, 0.4) is 0 Å². The van der Waals surface area contributed by atoms with Gasteiger partial charge in [-0.3, -0.25) is 23.7 Å². The van der Waals surface area contributed by atoms with E-state index in [9.17, 15) is 32.1 Å². The van der Waals surface area contributed by atoms with E-state index in [2.05, 4.69) is 23.3 Å². The number of ether oxygens (including phenoxy) is 2. The number of carbonyl (C=O) groups excluding carboxylic acids is 4. The van der Waals surface area contributed by atoms with Gasteiger partial charge in [0.2, 0.25) is 0 Å². The summed E-state index contributed by atoms with van der Waals surface area (Å²) in [5, 5.41) is -2.33. The molecule has 0 saturated carbocycles. The summed E-state index contributed by atoms with van der Waals surface area (Å²) in [6.45, 7) is 4.33. The van der Waals surface area contributed by atoms with Gasteiger partial charge in [0.15, 0.2) is 5.25 Å². The van der Waals surface area contributed by atoms with Gasteiger partial charge in [-0.25, -0.2) is 0 Å². The van der Waals surface area contributed by atoms with Crippen LogP contribution in [-0.2, 0) is 38.8 Å². The van der Waals surface area contributed by atoms with E-state index in [1.165, 1.54) is 51.4 Å². The number of unbranched alkanes of at least 4 members (excludes halogenated alkanes) is 16. The van der Waals surface area contributed by atoms with Crippen molar-refractivity contribution < 1.29 is 41.6 Å². The quantitative estimate of drug-likeness (QED) is 0.0505. The molecule has 0 aromatic carbocycles. The first kappa shape index (κ1) is 44.6. The Balaban J connectivity index is -0.00000684. The van der Waals surface area contributed by atoms with Crippen molar-refractivity contribution >= 4 is 93.1 Å². The van der Waals surface area contributed by atoms with Crippen molar-refractivity contribution in [2.45, 2.75) is 154 Å². The number of hydrogen-bond donors (Lipinski definition) is 1. The summed E-state index contributed by atoms with van der Waals surface area (Å²) >= 11 is 0. The van der Waals surface area contributed by atoms with Crippen molar-refractivity contribution in [2.75, 3.05) is 0 Å². The van der Waals surface area contributed by atoms with Crippen molar-refractivity contribution in [3.63, 3.8) is 0 Å². The maximum atomic E-state index is 12.2. The molecule has 1 atom stereocenters. The van der Waals surface area contributed by atoms with Crippen molar-refractivity contribution in [1.82, 2.24) is 0 Å². The van der Waals surface area contributed by atoms with E-state index in [0.29, 0.717) is 12.8 Å². The molecule has 0 amide bonds. The van der Waals surface area contributed by atoms with Crippen LogP contribution in [0.2, 0.25) is 0 Å². The van der Waals surface area contributed by atoms with Gasteiger partial charge >= 0.3 is 83.0 Å². The Morgan fingerprint density at radius 1 is 0.550 bits per heavy atom. The second-order valence-electron chi connectivity index (χ2n) is 10.0. The Morgan fingerprint density at radius 2 is 0.875 bits per heavy atom. The van der Waals surface area contributed by atoms with E-state index in [1.807, 2.05) is 0 Å². The zero-order valence-corrected chi connectivity index (χ0v) is 24.4. The van der Waals surface area contributed by atoms with Crippen LogP contribution >= 0.6 is 0 Å². The van der Waals surface area contributed by atoms with Gasteiger partial charge in [-0.2, -0.15) is 8.42 Å². The molecule has 0 radical (unpaired) electrons. The van der Waals surface area contributed by atoms with Crippen LogP contribution in [-0.4, -0.2) is 101 Å². The molecular weight excluding hydrogens is 558 g/mol. The van der Waals surface area contributed by atoms with E-state index in [-0.39, 0.29) is 72.0 Å². The molecule has 0 aliphatic rings. The average molecular weight is 611 g/mol. The number of hydrogen-bond acceptors (Lipinski definition) is 8. The van der Waals surface area contributed by atoms with Crippen LogP contribution < -0.4 is 0 Å². The zero-order chi connectivity index (χ0) is 28.7. The van der Waals surface area contributed by atoms with Crippen molar-refractivity contribution in [3.05, 3.63) is 0 Å². The van der Waals surface area contributed by atoms with E-state index in [4.69, 9.17) is 0 Å². The fraction of sp³-hybridized carbons (Fsp3) is 0.857. The predicted molar refractivity (Wildman–Crippen MR) is 160 cm³/mol. The van der Waals surface area contributed by atoms with Crippen molar-refractivity contribution in [1.29, 1.82) is 0 Å². The molecule has 0 bridgehead atoms. The molecular formula is C28H52Na2O9S. The van der Waals surface area contributed by atoms with Crippen molar-refractivity contribution in [3.8, 4) is 0 Å². The SMILES string of the molecule is CCCCCCCCCCCC(=O)OC(=O)CC(C(=O)OC(=O)CCCCCCCCCCC)S(=O)(=O)O.[NaH].[NaH]. The van der Waals surface area contributed by atoms with Gasteiger partial charge in [0.25, 0.3) is 10.1 Å². The number of carbonyl (C=O) groups is 4. The van der Waals surface area contributed by atoms with Crippen LogP contribution in [0.15, 0.2) is 0 Å². The Labute approximate surface area is 286 Å². The monoisotopic (exact) mass is 610 g/mol. The molecule has 0 spiro atoms. The molecule has 12 heteroatoms. The molecule has 1 unspecified atom stereocenters. The number of rotatable bonds is 24. The van der Waals surface area contributed by atoms with E-state index < -0.39 is 45.7 Å². The summed E-state index contributed by atoms with van der Waals surface area (Å²) in [7, 11) is -5.06. The Morgan fingerprint density at radius 3 is 1.23 bits per heavy atom. The van der Waals surface area contributed by atoms with E-state index in [1.54, 1.807) is 0 Å². The van der Waals surface area contributed by atoms with E-state index in [0.717, 1.165) is 51.4 Å². The zero-order valence-electron chi connectivity index (χ0n) is 23.5. The van der Waals surface area contributed by atoms with Gasteiger partial charge in [-0.1, -0.05) is 117 Å². The molecule has 0 aliphatic heterocycles. The number of esters is 4. The van der Waals surface area contributed by atoms with Crippen molar-refractivity contribution in [2.24, 2.45) is 0 Å². The Hall–Kier alpha value is 0.190. The summed E-state index contributed by atoms with van der Waals surface area (Å²) in [6, 6.07) is 0. The minimum absolute atomic E-state index is 0.